The predicted octanol–water partition coefficient (Wildman–Crippen LogP) is 4.05. The number of ether oxygens (including phenoxy) is 1. The van der Waals surface area contributed by atoms with Gasteiger partial charge in [-0.05, 0) is 36.2 Å². The fraction of sp³-hybridized carbons (Fsp3) is 0.350. The number of morpholine rings is 1. The number of thiazole rings is 1. The van der Waals surface area contributed by atoms with Gasteiger partial charge in [0.25, 0.3) is 0 Å². The van der Waals surface area contributed by atoms with E-state index in [0.29, 0.717) is 54.1 Å². The van der Waals surface area contributed by atoms with Crippen molar-refractivity contribution in [2.75, 3.05) is 41.7 Å². The van der Waals surface area contributed by atoms with Gasteiger partial charge in [0.15, 0.2) is 10.9 Å². The van der Waals surface area contributed by atoms with E-state index in [9.17, 15) is 8.42 Å². The molecular formula is C20H21ClFN5O3S2. The van der Waals surface area contributed by atoms with Crippen molar-refractivity contribution in [2.24, 2.45) is 0 Å². The van der Waals surface area contributed by atoms with Gasteiger partial charge in [-0.3, -0.25) is 4.72 Å². The van der Waals surface area contributed by atoms with Crippen LogP contribution in [0.3, 0.4) is 0 Å². The summed E-state index contributed by atoms with van der Waals surface area (Å²) in [5.74, 6) is -0.799. The van der Waals surface area contributed by atoms with Crippen LogP contribution in [0.2, 0.25) is 5.28 Å². The molecule has 12 heteroatoms. The van der Waals surface area contributed by atoms with E-state index >= 15 is 4.39 Å². The molecule has 1 fully saturated rings. The Morgan fingerprint density at radius 2 is 2.03 bits per heavy atom. The minimum absolute atomic E-state index is 0.0660. The Hall–Kier alpha value is -2.34. The highest BCUT2D eigenvalue weighted by atomic mass is 35.5. The molecule has 1 aliphatic heterocycles. The van der Waals surface area contributed by atoms with E-state index in [1.807, 2.05) is 0 Å². The second-order valence-corrected chi connectivity index (χ2v) is 10.2. The van der Waals surface area contributed by atoms with E-state index < -0.39 is 15.8 Å². The van der Waals surface area contributed by atoms with Crippen LogP contribution < -0.4 is 9.62 Å². The Bertz CT molecular complexity index is 1220. The quantitative estimate of drug-likeness (QED) is 0.492. The van der Waals surface area contributed by atoms with Crippen LogP contribution in [0.5, 0.6) is 0 Å². The van der Waals surface area contributed by atoms with Gasteiger partial charge in [-0.25, -0.2) is 27.8 Å². The lowest BCUT2D eigenvalue weighted by atomic mass is 10.1. The molecule has 8 nitrogen and oxygen atoms in total. The third kappa shape index (κ3) is 5.01. The van der Waals surface area contributed by atoms with Crippen LogP contribution in [-0.2, 0) is 14.8 Å². The van der Waals surface area contributed by atoms with E-state index in [1.165, 1.54) is 23.6 Å². The lowest BCUT2D eigenvalue weighted by Crippen LogP contribution is -2.36. The molecule has 0 bridgehead atoms. The van der Waals surface area contributed by atoms with Gasteiger partial charge in [0, 0.05) is 24.8 Å². The molecule has 1 N–H and O–H groups in total. The number of hydrogen-bond donors (Lipinski definition) is 1. The van der Waals surface area contributed by atoms with Crippen LogP contribution in [0.25, 0.3) is 21.8 Å². The summed E-state index contributed by atoms with van der Waals surface area (Å²) in [5.41, 5.74) is 0.916. The number of halogens is 2. The van der Waals surface area contributed by atoms with Crippen molar-refractivity contribution in [3.8, 4) is 21.8 Å². The summed E-state index contributed by atoms with van der Waals surface area (Å²) in [6.07, 6.45) is 1.94. The number of aromatic nitrogens is 3. The Morgan fingerprint density at radius 3 is 2.75 bits per heavy atom. The Balaban J connectivity index is 1.82. The summed E-state index contributed by atoms with van der Waals surface area (Å²) in [6.45, 7) is 4.22. The summed E-state index contributed by atoms with van der Waals surface area (Å²) in [7, 11) is -3.65. The fourth-order valence-electron chi connectivity index (χ4n) is 3.30. The number of nitrogens with one attached hydrogen (secondary N) is 1. The topological polar surface area (TPSA) is 97.3 Å². The third-order valence-electron chi connectivity index (χ3n) is 4.75. The Kier molecular flexibility index (Phi) is 6.89. The zero-order chi connectivity index (χ0) is 22.7. The summed E-state index contributed by atoms with van der Waals surface area (Å²) >= 11 is 7.36. The maximum absolute atomic E-state index is 15.5. The number of sulfonamides is 1. The molecule has 0 saturated carbocycles. The molecule has 0 amide bonds. The monoisotopic (exact) mass is 497 g/mol. The standard InChI is InChI=1S/C20H21ClFN5O3S2/c1-2-12-32(28,29)26-14-5-3-4-13(16(14)22)17-18(15-6-7-23-19(21)24-15)31-20(25-17)27-8-10-30-11-9-27/h3-7,26H,2,8-12H2,1H3. The summed E-state index contributed by atoms with van der Waals surface area (Å²) in [6, 6.07) is 6.23. The molecule has 1 saturated heterocycles. The molecule has 0 unspecified atom stereocenters. The van der Waals surface area contributed by atoms with E-state index in [2.05, 4.69) is 19.6 Å². The average molecular weight is 498 g/mol. The second-order valence-electron chi connectivity index (χ2n) is 7.07. The van der Waals surface area contributed by atoms with Crippen molar-refractivity contribution >= 4 is 43.8 Å². The molecule has 32 heavy (non-hydrogen) atoms. The van der Waals surface area contributed by atoms with Gasteiger partial charge in [-0.2, -0.15) is 0 Å². The highest BCUT2D eigenvalue weighted by molar-refractivity contribution is 7.92. The first-order valence-electron chi connectivity index (χ1n) is 10.00. The van der Waals surface area contributed by atoms with Gasteiger partial charge in [-0.15, -0.1) is 0 Å². The Labute approximate surface area is 194 Å². The maximum Gasteiger partial charge on any atom is 0.232 e. The molecule has 2 aromatic heterocycles. The minimum Gasteiger partial charge on any atom is -0.378 e. The van der Waals surface area contributed by atoms with Crippen LogP contribution in [-0.4, -0.2) is 55.4 Å². The van der Waals surface area contributed by atoms with E-state index in [4.69, 9.17) is 21.3 Å². The van der Waals surface area contributed by atoms with Crippen LogP contribution >= 0.6 is 22.9 Å². The minimum atomic E-state index is -3.65. The highest BCUT2D eigenvalue weighted by Gasteiger charge is 2.24. The van der Waals surface area contributed by atoms with Gasteiger partial charge in [0.2, 0.25) is 15.3 Å². The Morgan fingerprint density at radius 1 is 1.25 bits per heavy atom. The lowest BCUT2D eigenvalue weighted by Gasteiger charge is -2.26. The highest BCUT2D eigenvalue weighted by Crippen LogP contribution is 2.41. The zero-order valence-corrected chi connectivity index (χ0v) is 19.6. The molecule has 4 rings (SSSR count). The first-order valence-corrected chi connectivity index (χ1v) is 12.8. The molecule has 170 valence electrons. The van der Waals surface area contributed by atoms with E-state index in [-0.39, 0.29) is 22.3 Å². The van der Waals surface area contributed by atoms with Crippen molar-refractivity contribution < 1.29 is 17.5 Å². The number of hydrogen-bond acceptors (Lipinski definition) is 8. The lowest BCUT2D eigenvalue weighted by molar-refractivity contribution is 0.122. The predicted molar refractivity (Wildman–Crippen MR) is 124 cm³/mol. The summed E-state index contributed by atoms with van der Waals surface area (Å²) in [5, 5.41) is 0.765. The first-order chi connectivity index (χ1) is 15.4. The van der Waals surface area contributed by atoms with Crippen LogP contribution in [0, 0.1) is 5.82 Å². The van der Waals surface area contributed by atoms with Crippen LogP contribution in [0.1, 0.15) is 13.3 Å². The summed E-state index contributed by atoms with van der Waals surface area (Å²) in [4.78, 5) is 15.6. The van der Waals surface area contributed by atoms with E-state index in [0.717, 1.165) is 0 Å². The number of nitrogens with zero attached hydrogens (tertiary/aromatic N) is 4. The van der Waals surface area contributed by atoms with Crippen molar-refractivity contribution in [3.63, 3.8) is 0 Å². The second kappa shape index (κ2) is 9.65. The normalized spacial score (nSPS) is 14.5. The fourth-order valence-corrected chi connectivity index (χ4v) is 5.68. The molecule has 0 radical (unpaired) electrons. The summed E-state index contributed by atoms with van der Waals surface area (Å²) < 4.78 is 47.6. The zero-order valence-electron chi connectivity index (χ0n) is 17.2. The van der Waals surface area contributed by atoms with Gasteiger partial charge >= 0.3 is 0 Å². The molecule has 0 spiro atoms. The first kappa shape index (κ1) is 22.8. The van der Waals surface area contributed by atoms with Gasteiger partial charge in [0.05, 0.1) is 40.9 Å². The van der Waals surface area contributed by atoms with Crippen molar-refractivity contribution in [1.29, 1.82) is 0 Å². The van der Waals surface area contributed by atoms with Crippen LogP contribution in [0.15, 0.2) is 30.5 Å². The van der Waals surface area contributed by atoms with Gasteiger partial charge in [0.1, 0.15) is 0 Å². The SMILES string of the molecule is CCCS(=O)(=O)Nc1cccc(-c2nc(N3CCOCC3)sc2-c2ccnc(Cl)n2)c1F. The molecule has 0 atom stereocenters. The molecule has 0 aliphatic carbocycles. The van der Waals surface area contributed by atoms with Gasteiger partial charge in [-0.1, -0.05) is 24.3 Å². The van der Waals surface area contributed by atoms with Crippen molar-refractivity contribution in [2.45, 2.75) is 13.3 Å². The van der Waals surface area contributed by atoms with E-state index in [1.54, 1.807) is 25.1 Å². The third-order valence-corrected chi connectivity index (χ3v) is 7.55. The van der Waals surface area contributed by atoms with Crippen molar-refractivity contribution in [1.82, 2.24) is 15.0 Å². The molecule has 1 aromatic carbocycles. The average Bonchev–Trinajstić information content (AvgIpc) is 3.21. The maximum atomic E-state index is 15.5. The van der Waals surface area contributed by atoms with Gasteiger partial charge < -0.3 is 9.64 Å². The number of anilines is 2. The molecule has 3 aromatic rings. The molecular weight excluding hydrogens is 477 g/mol. The molecule has 3 heterocycles. The molecule has 1 aliphatic rings. The van der Waals surface area contributed by atoms with Crippen LogP contribution in [0.4, 0.5) is 15.2 Å². The smallest absolute Gasteiger partial charge is 0.232 e. The van der Waals surface area contributed by atoms with Crippen molar-refractivity contribution in [3.05, 3.63) is 41.6 Å². The largest absolute Gasteiger partial charge is 0.378 e. The number of benzene rings is 1. The number of rotatable bonds is 7.